The maximum Gasteiger partial charge on any atom is 0.212 e. The van der Waals surface area contributed by atoms with E-state index in [0.717, 1.165) is 22.8 Å². The average molecular weight is 209 g/mol. The standard InChI is InChI=1S/C10H15N3S/c1-6(2)5-9-12-13-8(4)7(3)11-10(13)14-9/h6H,5H2,1-4H3. The highest BCUT2D eigenvalue weighted by molar-refractivity contribution is 7.16. The Kier molecular flexibility index (Phi) is 2.31. The van der Waals surface area contributed by atoms with Crippen LogP contribution >= 0.6 is 11.3 Å². The predicted molar refractivity (Wildman–Crippen MR) is 58.9 cm³/mol. The minimum Gasteiger partial charge on any atom is -0.223 e. The predicted octanol–water partition coefficient (Wildman–Crippen LogP) is 2.61. The van der Waals surface area contributed by atoms with Crippen LogP contribution in [-0.2, 0) is 6.42 Å². The van der Waals surface area contributed by atoms with E-state index in [1.807, 2.05) is 11.4 Å². The van der Waals surface area contributed by atoms with Crippen molar-refractivity contribution >= 4 is 16.3 Å². The zero-order valence-electron chi connectivity index (χ0n) is 9.03. The molecule has 0 amide bonds. The molecule has 0 aliphatic rings. The summed E-state index contributed by atoms with van der Waals surface area (Å²) in [7, 11) is 0. The molecule has 0 spiro atoms. The fourth-order valence-corrected chi connectivity index (χ4v) is 2.62. The summed E-state index contributed by atoms with van der Waals surface area (Å²) in [6.45, 7) is 8.51. The van der Waals surface area contributed by atoms with Gasteiger partial charge in [0.1, 0.15) is 5.01 Å². The largest absolute Gasteiger partial charge is 0.223 e. The molecular weight excluding hydrogens is 194 g/mol. The van der Waals surface area contributed by atoms with Gasteiger partial charge in [0.2, 0.25) is 4.96 Å². The van der Waals surface area contributed by atoms with Gasteiger partial charge >= 0.3 is 0 Å². The molecule has 2 rings (SSSR count). The first-order valence-electron chi connectivity index (χ1n) is 4.89. The second-order valence-electron chi connectivity index (χ2n) is 4.07. The van der Waals surface area contributed by atoms with E-state index in [0.29, 0.717) is 5.92 Å². The van der Waals surface area contributed by atoms with E-state index in [2.05, 4.69) is 30.9 Å². The molecule has 0 unspecified atom stereocenters. The third-order valence-corrected chi connectivity index (χ3v) is 3.22. The first-order chi connectivity index (χ1) is 6.58. The summed E-state index contributed by atoms with van der Waals surface area (Å²) in [4.78, 5) is 5.48. The minimum absolute atomic E-state index is 0.659. The van der Waals surface area contributed by atoms with Gasteiger partial charge in [-0.15, -0.1) is 0 Å². The lowest BCUT2D eigenvalue weighted by Crippen LogP contribution is -1.95. The normalized spacial score (nSPS) is 11.8. The van der Waals surface area contributed by atoms with Crippen molar-refractivity contribution in [3.8, 4) is 0 Å². The monoisotopic (exact) mass is 209 g/mol. The van der Waals surface area contributed by atoms with E-state index in [1.54, 1.807) is 11.3 Å². The molecule has 2 aromatic heterocycles. The van der Waals surface area contributed by atoms with Gasteiger partial charge in [0, 0.05) is 6.42 Å². The maximum atomic E-state index is 4.55. The number of hydrogen-bond acceptors (Lipinski definition) is 3. The van der Waals surface area contributed by atoms with Gasteiger partial charge in [0.15, 0.2) is 0 Å². The number of imidazole rings is 1. The number of rotatable bonds is 2. The number of fused-ring (bicyclic) bond motifs is 1. The number of aryl methyl sites for hydroxylation is 2. The van der Waals surface area contributed by atoms with Crippen LogP contribution in [0.2, 0.25) is 0 Å². The van der Waals surface area contributed by atoms with Gasteiger partial charge in [0.25, 0.3) is 0 Å². The molecule has 3 nitrogen and oxygen atoms in total. The Morgan fingerprint density at radius 3 is 2.64 bits per heavy atom. The second kappa shape index (κ2) is 3.35. The maximum absolute atomic E-state index is 4.55. The molecule has 0 aliphatic heterocycles. The topological polar surface area (TPSA) is 30.2 Å². The van der Waals surface area contributed by atoms with Gasteiger partial charge in [-0.1, -0.05) is 25.2 Å². The third-order valence-electron chi connectivity index (χ3n) is 2.29. The lowest BCUT2D eigenvalue weighted by Gasteiger charge is -1.97. The average Bonchev–Trinajstić information content (AvgIpc) is 2.54. The van der Waals surface area contributed by atoms with Crippen molar-refractivity contribution < 1.29 is 0 Å². The lowest BCUT2D eigenvalue weighted by atomic mass is 10.1. The quantitative estimate of drug-likeness (QED) is 0.761. The van der Waals surface area contributed by atoms with Crippen LogP contribution in [0.1, 0.15) is 30.2 Å². The SMILES string of the molecule is Cc1nc2sc(CC(C)C)nn2c1C. The minimum atomic E-state index is 0.659. The van der Waals surface area contributed by atoms with Crippen molar-refractivity contribution in [3.05, 3.63) is 16.4 Å². The van der Waals surface area contributed by atoms with Crippen molar-refractivity contribution in [1.82, 2.24) is 14.6 Å². The number of hydrogen-bond donors (Lipinski definition) is 0. The van der Waals surface area contributed by atoms with Crippen LogP contribution < -0.4 is 0 Å². The molecule has 0 aromatic carbocycles. The molecule has 2 aromatic rings. The Hall–Kier alpha value is -0.900. The smallest absolute Gasteiger partial charge is 0.212 e. The number of aromatic nitrogens is 3. The highest BCUT2D eigenvalue weighted by Crippen LogP contribution is 2.19. The van der Waals surface area contributed by atoms with E-state index < -0.39 is 0 Å². The summed E-state index contributed by atoms with van der Waals surface area (Å²) in [6.07, 6.45) is 1.05. The van der Waals surface area contributed by atoms with Crippen molar-refractivity contribution in [3.63, 3.8) is 0 Å². The molecule has 0 saturated carbocycles. The van der Waals surface area contributed by atoms with E-state index in [-0.39, 0.29) is 0 Å². The fourth-order valence-electron chi connectivity index (χ4n) is 1.42. The van der Waals surface area contributed by atoms with Crippen LogP contribution in [0, 0.1) is 19.8 Å². The van der Waals surface area contributed by atoms with Gasteiger partial charge in [-0.3, -0.25) is 0 Å². The summed E-state index contributed by atoms with van der Waals surface area (Å²) in [5.41, 5.74) is 2.24. The van der Waals surface area contributed by atoms with Gasteiger partial charge in [-0.05, 0) is 19.8 Å². The molecule has 2 heterocycles. The van der Waals surface area contributed by atoms with E-state index in [4.69, 9.17) is 0 Å². The molecule has 0 radical (unpaired) electrons. The molecule has 0 fully saturated rings. The summed E-state index contributed by atoms with van der Waals surface area (Å²) < 4.78 is 1.96. The van der Waals surface area contributed by atoms with Gasteiger partial charge in [0.05, 0.1) is 11.4 Å². The van der Waals surface area contributed by atoms with Crippen molar-refractivity contribution in [2.45, 2.75) is 34.1 Å². The molecule has 14 heavy (non-hydrogen) atoms. The lowest BCUT2D eigenvalue weighted by molar-refractivity contribution is 0.635. The van der Waals surface area contributed by atoms with E-state index in [1.165, 1.54) is 5.01 Å². The van der Waals surface area contributed by atoms with Gasteiger partial charge in [-0.25, -0.2) is 9.50 Å². The van der Waals surface area contributed by atoms with Crippen LogP contribution in [0.3, 0.4) is 0 Å². The van der Waals surface area contributed by atoms with Crippen LogP contribution in [0.4, 0.5) is 0 Å². The van der Waals surface area contributed by atoms with E-state index in [9.17, 15) is 0 Å². The molecule has 0 atom stereocenters. The van der Waals surface area contributed by atoms with Gasteiger partial charge < -0.3 is 0 Å². The van der Waals surface area contributed by atoms with Crippen LogP contribution in [0.5, 0.6) is 0 Å². The van der Waals surface area contributed by atoms with Crippen molar-refractivity contribution in [2.75, 3.05) is 0 Å². The molecule has 0 aliphatic carbocycles. The zero-order chi connectivity index (χ0) is 10.3. The Morgan fingerprint density at radius 1 is 1.36 bits per heavy atom. The Labute approximate surface area is 87.8 Å². The third kappa shape index (κ3) is 1.54. The highest BCUT2D eigenvalue weighted by Gasteiger charge is 2.10. The summed E-state index contributed by atoms with van der Waals surface area (Å²) >= 11 is 1.70. The Bertz CT molecular complexity index is 453. The summed E-state index contributed by atoms with van der Waals surface area (Å²) in [5.74, 6) is 0.659. The van der Waals surface area contributed by atoms with E-state index >= 15 is 0 Å². The summed E-state index contributed by atoms with van der Waals surface area (Å²) in [5, 5.41) is 5.73. The molecule has 76 valence electrons. The van der Waals surface area contributed by atoms with Crippen LogP contribution in [0.25, 0.3) is 4.96 Å². The Morgan fingerprint density at radius 2 is 2.07 bits per heavy atom. The van der Waals surface area contributed by atoms with Crippen LogP contribution in [0.15, 0.2) is 0 Å². The zero-order valence-corrected chi connectivity index (χ0v) is 9.85. The number of nitrogens with zero attached hydrogens (tertiary/aromatic N) is 3. The van der Waals surface area contributed by atoms with Crippen molar-refractivity contribution in [2.24, 2.45) is 5.92 Å². The highest BCUT2D eigenvalue weighted by atomic mass is 32.1. The molecule has 0 N–H and O–H groups in total. The first-order valence-corrected chi connectivity index (χ1v) is 5.71. The first kappa shape index (κ1) is 9.65. The van der Waals surface area contributed by atoms with Crippen LogP contribution in [-0.4, -0.2) is 14.6 Å². The Balaban J connectivity index is 2.43. The molecule has 4 heteroatoms. The second-order valence-corrected chi connectivity index (χ2v) is 5.11. The molecular formula is C10H15N3S. The van der Waals surface area contributed by atoms with Gasteiger partial charge in [-0.2, -0.15) is 5.10 Å². The van der Waals surface area contributed by atoms with Crippen molar-refractivity contribution in [1.29, 1.82) is 0 Å². The molecule has 0 bridgehead atoms. The fraction of sp³-hybridized carbons (Fsp3) is 0.600. The summed E-state index contributed by atoms with van der Waals surface area (Å²) in [6, 6.07) is 0. The molecule has 0 saturated heterocycles.